The lowest BCUT2D eigenvalue weighted by Crippen LogP contribution is -2.46. The Balaban J connectivity index is 1.60. The molecule has 0 aliphatic heterocycles. The standard InChI is InChI=1S/C29H31N7O6/c1-17(2)22(23(38)25-34-35-27(42-25)29(3,4)20-13-9-10-14-30-20)32-21(37)16-36-19(18-11-7-6-8-12-18)15-31-24(26(36)39)33-28(40)41-5/h6-15,17,22H,16H2,1-5H3,(H,32,37)(H,31,33,40)/t22-/m0/s1. The third kappa shape index (κ3) is 6.40. The normalized spacial score (nSPS) is 12.0. The van der Waals surface area contributed by atoms with Gasteiger partial charge in [0.2, 0.25) is 23.4 Å². The van der Waals surface area contributed by atoms with Gasteiger partial charge in [-0.15, -0.1) is 10.2 Å². The lowest BCUT2D eigenvalue weighted by Gasteiger charge is -2.21. The summed E-state index contributed by atoms with van der Waals surface area (Å²) in [7, 11) is 1.15. The quantitative estimate of drug-likeness (QED) is 0.268. The molecular formula is C29H31N7O6. The summed E-state index contributed by atoms with van der Waals surface area (Å²) < 4.78 is 11.5. The molecule has 218 valence electrons. The Morgan fingerprint density at radius 3 is 2.38 bits per heavy atom. The number of methoxy groups -OCH3 is 1. The first kappa shape index (κ1) is 29.8. The first-order valence-electron chi connectivity index (χ1n) is 13.1. The van der Waals surface area contributed by atoms with Crippen LogP contribution in [0.4, 0.5) is 10.6 Å². The van der Waals surface area contributed by atoms with Crippen LogP contribution in [0.1, 0.15) is 50.0 Å². The van der Waals surface area contributed by atoms with Crippen molar-refractivity contribution < 1.29 is 23.5 Å². The number of nitrogens with zero attached hydrogens (tertiary/aromatic N) is 5. The van der Waals surface area contributed by atoms with Crippen molar-refractivity contribution in [2.75, 3.05) is 12.4 Å². The van der Waals surface area contributed by atoms with E-state index in [1.165, 1.54) is 6.20 Å². The van der Waals surface area contributed by atoms with Crippen molar-refractivity contribution in [2.45, 2.75) is 45.7 Å². The highest BCUT2D eigenvalue weighted by molar-refractivity contribution is 5.98. The zero-order chi connectivity index (χ0) is 30.4. The van der Waals surface area contributed by atoms with Crippen LogP contribution in [0.5, 0.6) is 0 Å². The number of Topliss-reactive ketones (excluding diaryl/α,β-unsaturated/α-hetero) is 1. The summed E-state index contributed by atoms with van der Waals surface area (Å²) in [5.74, 6) is -1.96. The highest BCUT2D eigenvalue weighted by Crippen LogP contribution is 2.29. The Morgan fingerprint density at radius 1 is 1.02 bits per heavy atom. The summed E-state index contributed by atoms with van der Waals surface area (Å²) >= 11 is 0. The summed E-state index contributed by atoms with van der Waals surface area (Å²) in [4.78, 5) is 60.2. The van der Waals surface area contributed by atoms with E-state index in [4.69, 9.17) is 4.42 Å². The van der Waals surface area contributed by atoms with Crippen LogP contribution in [0.15, 0.2) is 70.1 Å². The average Bonchev–Trinajstić information content (AvgIpc) is 3.50. The number of ether oxygens (including phenoxy) is 1. The first-order valence-corrected chi connectivity index (χ1v) is 13.1. The second kappa shape index (κ2) is 12.5. The first-order chi connectivity index (χ1) is 20.0. The average molecular weight is 574 g/mol. The Labute approximate surface area is 241 Å². The second-order valence-corrected chi connectivity index (χ2v) is 10.3. The van der Waals surface area contributed by atoms with Gasteiger partial charge >= 0.3 is 6.09 Å². The molecule has 1 aromatic carbocycles. The number of carbonyl (C=O) groups is 3. The van der Waals surface area contributed by atoms with Crippen LogP contribution in [0.3, 0.4) is 0 Å². The van der Waals surface area contributed by atoms with E-state index < -0.39 is 41.3 Å². The highest BCUT2D eigenvalue weighted by Gasteiger charge is 2.35. The molecule has 42 heavy (non-hydrogen) atoms. The van der Waals surface area contributed by atoms with Gasteiger partial charge in [0.25, 0.3) is 11.4 Å². The molecule has 0 saturated carbocycles. The van der Waals surface area contributed by atoms with E-state index in [1.54, 1.807) is 56.4 Å². The monoisotopic (exact) mass is 573 g/mol. The number of rotatable bonds is 10. The lowest BCUT2D eigenvalue weighted by molar-refractivity contribution is -0.122. The maximum Gasteiger partial charge on any atom is 0.412 e. The van der Waals surface area contributed by atoms with Crippen molar-refractivity contribution >= 4 is 23.6 Å². The van der Waals surface area contributed by atoms with Gasteiger partial charge in [0.05, 0.1) is 36.2 Å². The van der Waals surface area contributed by atoms with Crippen molar-refractivity contribution in [3.05, 3.63) is 88.8 Å². The highest BCUT2D eigenvalue weighted by atomic mass is 16.5. The molecule has 0 saturated heterocycles. The predicted molar refractivity (Wildman–Crippen MR) is 152 cm³/mol. The number of carbonyl (C=O) groups excluding carboxylic acids is 3. The van der Waals surface area contributed by atoms with E-state index >= 15 is 0 Å². The third-order valence-electron chi connectivity index (χ3n) is 6.57. The topological polar surface area (TPSA) is 171 Å². The van der Waals surface area contributed by atoms with Crippen LogP contribution in [0.2, 0.25) is 0 Å². The number of nitrogens with one attached hydrogen (secondary N) is 2. The predicted octanol–water partition coefficient (Wildman–Crippen LogP) is 3.22. The Hall–Kier alpha value is -5.20. The van der Waals surface area contributed by atoms with Crippen molar-refractivity contribution in [1.82, 2.24) is 30.0 Å². The van der Waals surface area contributed by atoms with Crippen LogP contribution in [0, 0.1) is 5.92 Å². The Bertz CT molecular complexity index is 1630. The number of ketones is 1. The van der Waals surface area contributed by atoms with Crippen LogP contribution < -0.4 is 16.2 Å². The largest absolute Gasteiger partial charge is 0.453 e. The van der Waals surface area contributed by atoms with Gasteiger partial charge in [-0.3, -0.25) is 29.3 Å². The number of pyridine rings is 1. The molecule has 4 aromatic rings. The lowest BCUT2D eigenvalue weighted by atomic mass is 9.89. The van der Waals surface area contributed by atoms with E-state index in [0.717, 1.165) is 11.7 Å². The molecule has 2 N–H and O–H groups in total. The molecule has 3 heterocycles. The van der Waals surface area contributed by atoms with Crippen LogP contribution in [-0.4, -0.2) is 55.7 Å². The van der Waals surface area contributed by atoms with E-state index in [9.17, 15) is 19.2 Å². The molecular weight excluding hydrogens is 542 g/mol. The van der Waals surface area contributed by atoms with Gasteiger partial charge < -0.3 is 14.5 Å². The molecule has 0 aliphatic rings. The Kier molecular flexibility index (Phi) is 8.89. The van der Waals surface area contributed by atoms with E-state index in [2.05, 4.69) is 35.5 Å². The Morgan fingerprint density at radius 2 is 1.74 bits per heavy atom. The van der Waals surface area contributed by atoms with Crippen LogP contribution >= 0.6 is 0 Å². The van der Waals surface area contributed by atoms with Gasteiger partial charge in [0.15, 0.2) is 0 Å². The summed E-state index contributed by atoms with van der Waals surface area (Å²) in [6.45, 7) is 6.73. The molecule has 0 radical (unpaired) electrons. The molecule has 0 bridgehead atoms. The summed E-state index contributed by atoms with van der Waals surface area (Å²) in [6, 6.07) is 13.3. The number of anilines is 1. The molecule has 0 fully saturated rings. The fourth-order valence-electron chi connectivity index (χ4n) is 4.17. The van der Waals surface area contributed by atoms with Crippen LogP contribution in [0.25, 0.3) is 11.3 Å². The van der Waals surface area contributed by atoms with Crippen molar-refractivity contribution in [1.29, 1.82) is 0 Å². The van der Waals surface area contributed by atoms with E-state index in [0.29, 0.717) is 17.0 Å². The minimum Gasteiger partial charge on any atom is -0.453 e. The van der Waals surface area contributed by atoms with Gasteiger partial charge in [0, 0.05) is 6.20 Å². The molecule has 13 heteroatoms. The maximum atomic E-state index is 13.4. The van der Waals surface area contributed by atoms with Gasteiger partial charge in [-0.2, -0.15) is 0 Å². The molecule has 0 aliphatic carbocycles. The molecule has 13 nitrogen and oxygen atoms in total. The summed E-state index contributed by atoms with van der Waals surface area (Å²) in [6.07, 6.45) is 2.12. The third-order valence-corrected chi connectivity index (χ3v) is 6.57. The minimum absolute atomic E-state index is 0.194. The molecule has 1 atom stereocenters. The number of aromatic nitrogens is 5. The van der Waals surface area contributed by atoms with Crippen LogP contribution in [-0.2, 0) is 21.5 Å². The van der Waals surface area contributed by atoms with Gasteiger partial charge in [0.1, 0.15) is 6.54 Å². The van der Waals surface area contributed by atoms with Crippen molar-refractivity contribution in [3.63, 3.8) is 0 Å². The fourth-order valence-corrected chi connectivity index (χ4v) is 4.17. The molecule has 0 spiro atoms. The zero-order valence-electron chi connectivity index (χ0n) is 23.8. The number of hydrogen-bond acceptors (Lipinski definition) is 10. The van der Waals surface area contributed by atoms with Gasteiger partial charge in [-0.1, -0.05) is 50.2 Å². The molecule has 0 unspecified atom stereocenters. The molecule has 4 rings (SSSR count). The number of amides is 2. The minimum atomic E-state index is -1.03. The smallest absolute Gasteiger partial charge is 0.412 e. The van der Waals surface area contributed by atoms with Crippen molar-refractivity contribution in [2.24, 2.45) is 5.92 Å². The van der Waals surface area contributed by atoms with Crippen molar-refractivity contribution in [3.8, 4) is 11.3 Å². The van der Waals surface area contributed by atoms with E-state index in [1.807, 2.05) is 26.0 Å². The molecule has 2 amide bonds. The number of benzene rings is 1. The SMILES string of the molecule is COC(=O)Nc1ncc(-c2ccccc2)n(CC(=O)N[C@H](C(=O)c2nnc(C(C)(C)c3ccccn3)o2)C(C)C)c1=O. The zero-order valence-corrected chi connectivity index (χ0v) is 23.8. The molecule has 3 aromatic heterocycles. The van der Waals surface area contributed by atoms with Gasteiger partial charge in [-0.05, 0) is 37.5 Å². The maximum absolute atomic E-state index is 13.4. The second-order valence-electron chi connectivity index (χ2n) is 10.3. The summed E-state index contributed by atoms with van der Waals surface area (Å²) in [5, 5.41) is 13.0. The number of hydrogen-bond donors (Lipinski definition) is 2. The fraction of sp³-hybridized carbons (Fsp3) is 0.310. The summed E-state index contributed by atoms with van der Waals surface area (Å²) in [5.41, 5.74) is 0.124. The van der Waals surface area contributed by atoms with E-state index in [-0.39, 0.29) is 23.5 Å². The van der Waals surface area contributed by atoms with Gasteiger partial charge in [-0.25, -0.2) is 9.78 Å².